The predicted molar refractivity (Wildman–Crippen MR) is 133 cm³/mol. The van der Waals surface area contributed by atoms with Gasteiger partial charge in [-0.1, -0.05) is 36.8 Å². The summed E-state index contributed by atoms with van der Waals surface area (Å²) >= 11 is 6.23. The summed E-state index contributed by atoms with van der Waals surface area (Å²) in [6.45, 7) is 2.64. The van der Waals surface area contributed by atoms with E-state index in [1.165, 1.54) is 0 Å². The Bertz CT molecular complexity index is 1080. The summed E-state index contributed by atoms with van der Waals surface area (Å²) in [7, 11) is 1.95. The van der Waals surface area contributed by atoms with Gasteiger partial charge >= 0.3 is 0 Å². The molecule has 192 valence electrons. The molecular formula is C27H34ClF2NO4. The molecule has 1 aromatic heterocycles. The van der Waals surface area contributed by atoms with E-state index < -0.39 is 12.2 Å². The van der Waals surface area contributed by atoms with Gasteiger partial charge in [-0.05, 0) is 43.4 Å². The molecule has 0 spiro atoms. The van der Waals surface area contributed by atoms with Crippen LogP contribution >= 0.6 is 11.6 Å². The van der Waals surface area contributed by atoms with E-state index in [0.717, 1.165) is 42.3 Å². The van der Waals surface area contributed by atoms with Crippen molar-refractivity contribution in [1.29, 1.82) is 0 Å². The third kappa shape index (κ3) is 7.75. The number of hydrogen-bond acceptors (Lipinski definition) is 4. The number of aryl methyl sites for hydroxylation is 1. The van der Waals surface area contributed by atoms with Crippen LogP contribution in [0.2, 0.25) is 5.02 Å². The normalized spacial score (nSPS) is 16.2. The number of aromatic nitrogens is 1. The fourth-order valence-corrected chi connectivity index (χ4v) is 4.85. The number of nitrogens with zero attached hydrogens (tertiary/aromatic N) is 1. The van der Waals surface area contributed by atoms with Crippen LogP contribution in [0.4, 0.5) is 8.78 Å². The quantitative estimate of drug-likeness (QED) is 0.171. The van der Waals surface area contributed by atoms with Gasteiger partial charge in [0.15, 0.2) is 12.1 Å². The van der Waals surface area contributed by atoms with Gasteiger partial charge in [0.1, 0.15) is 6.61 Å². The zero-order chi connectivity index (χ0) is 25.6. The van der Waals surface area contributed by atoms with E-state index in [9.17, 15) is 23.8 Å². The van der Waals surface area contributed by atoms with Gasteiger partial charge in [0.05, 0.1) is 0 Å². The number of ketones is 1. The van der Waals surface area contributed by atoms with E-state index in [1.54, 1.807) is 0 Å². The van der Waals surface area contributed by atoms with E-state index in [2.05, 4.69) is 11.8 Å². The molecule has 1 aliphatic carbocycles. The standard InChI is InChI=1S/C27H34ClF2NO4/c1-18(14-25(33)34)13-24(32)26-21-15-20(28)9-10-22(21)31(2)23(26)8-4-3-5-11-35-12-6-7-19-16-27(29,30)17-19/h9-10,15,18-19,25,33-34H,3-5,8,11-14,16-17H2,1-2H3/t18-/m0/s1. The lowest BCUT2D eigenvalue weighted by molar-refractivity contribution is -0.0937. The number of carbonyl (C=O) groups excluding carboxylic acids is 1. The van der Waals surface area contributed by atoms with Crippen LogP contribution in [0.25, 0.3) is 10.9 Å². The van der Waals surface area contributed by atoms with Gasteiger partial charge in [0, 0.05) is 72.4 Å². The van der Waals surface area contributed by atoms with Gasteiger partial charge in [0.2, 0.25) is 0 Å². The van der Waals surface area contributed by atoms with Gasteiger partial charge in [-0.2, -0.15) is 0 Å². The lowest BCUT2D eigenvalue weighted by Gasteiger charge is -2.31. The molecule has 1 heterocycles. The van der Waals surface area contributed by atoms with E-state index in [0.29, 0.717) is 17.2 Å². The first-order valence-corrected chi connectivity index (χ1v) is 12.6. The van der Waals surface area contributed by atoms with Crippen LogP contribution in [0.3, 0.4) is 0 Å². The van der Waals surface area contributed by atoms with Crippen LogP contribution in [0.15, 0.2) is 18.2 Å². The van der Waals surface area contributed by atoms with Gasteiger partial charge < -0.3 is 19.5 Å². The average Bonchev–Trinajstić information content (AvgIpc) is 3.01. The highest BCUT2D eigenvalue weighted by Gasteiger charge is 2.44. The number of hydrogen-bond donors (Lipinski definition) is 2. The second-order valence-corrected chi connectivity index (χ2v) is 10.1. The van der Waals surface area contributed by atoms with Crippen LogP contribution in [0.5, 0.6) is 0 Å². The highest BCUT2D eigenvalue weighted by molar-refractivity contribution is 6.31. The number of rotatable bonds is 12. The number of alkyl halides is 2. The fourth-order valence-electron chi connectivity index (χ4n) is 4.68. The Hall–Kier alpha value is -1.98. The highest BCUT2D eigenvalue weighted by Crippen LogP contribution is 2.41. The summed E-state index contributed by atoms with van der Waals surface area (Å²) in [6, 6.07) is 5.54. The second-order valence-electron chi connectivity index (χ2n) is 9.64. The van der Waals surface area contributed by atoms with Crippen molar-refractivity contribution in [2.75, 3.05) is 13.2 Å². The molecule has 35 heavy (non-hydrogen) atoms. The van der Waals surface area contributed by atoms with Crippen molar-refractivity contribution < 1.29 is 28.5 Å². The molecule has 8 heteroatoms. The Morgan fingerprint density at radius 3 is 2.71 bits per heavy atom. The number of carbonyl (C=O) groups is 1. The van der Waals surface area contributed by atoms with Gasteiger partial charge in [-0.25, -0.2) is 8.78 Å². The zero-order valence-corrected chi connectivity index (χ0v) is 21.1. The SMILES string of the molecule is C[C@@H](CC(=O)c1c(CCCCCOCC#CC2CC(F)(F)C2)n(C)c2ccc(Cl)cc12)CC(O)O. The van der Waals surface area contributed by atoms with Crippen LogP contribution in [0, 0.1) is 23.7 Å². The molecule has 0 radical (unpaired) electrons. The summed E-state index contributed by atoms with van der Waals surface area (Å²) in [5, 5.41) is 19.9. The third-order valence-corrected chi connectivity index (χ3v) is 6.72. The lowest BCUT2D eigenvalue weighted by atomic mass is 9.82. The second kappa shape index (κ2) is 12.3. The third-order valence-electron chi connectivity index (χ3n) is 6.48. The summed E-state index contributed by atoms with van der Waals surface area (Å²) in [5.74, 6) is 2.73. The number of benzene rings is 1. The molecule has 1 atom stereocenters. The van der Waals surface area contributed by atoms with Crippen LogP contribution < -0.4 is 0 Å². The lowest BCUT2D eigenvalue weighted by Crippen LogP contribution is -2.34. The molecule has 0 unspecified atom stereocenters. The number of ether oxygens (including phenoxy) is 1. The molecule has 2 aromatic rings. The summed E-state index contributed by atoms with van der Waals surface area (Å²) in [5.41, 5.74) is 2.55. The van der Waals surface area contributed by atoms with Crippen LogP contribution in [-0.2, 0) is 18.2 Å². The Balaban J connectivity index is 1.53. The molecular weight excluding hydrogens is 476 g/mol. The van der Waals surface area contributed by atoms with Gasteiger partial charge in [-0.3, -0.25) is 4.79 Å². The molecule has 3 rings (SSSR count). The molecule has 0 aliphatic heterocycles. The Morgan fingerprint density at radius 1 is 1.29 bits per heavy atom. The molecule has 1 aliphatic rings. The van der Waals surface area contributed by atoms with Crippen molar-refractivity contribution >= 4 is 28.3 Å². The van der Waals surface area contributed by atoms with Crippen molar-refractivity contribution in [3.05, 3.63) is 34.5 Å². The van der Waals surface area contributed by atoms with E-state index >= 15 is 0 Å². The number of fused-ring (bicyclic) bond motifs is 1. The van der Waals surface area contributed by atoms with Gasteiger partial charge in [-0.15, -0.1) is 0 Å². The van der Waals surface area contributed by atoms with Crippen molar-refractivity contribution in [3.63, 3.8) is 0 Å². The number of Topliss-reactive ketones (excluding diaryl/α,β-unsaturated/α-hetero) is 1. The van der Waals surface area contributed by atoms with E-state index in [4.69, 9.17) is 16.3 Å². The number of aliphatic hydroxyl groups is 2. The maximum Gasteiger partial charge on any atom is 0.250 e. The molecule has 1 saturated carbocycles. The van der Waals surface area contributed by atoms with E-state index in [-0.39, 0.29) is 49.9 Å². The highest BCUT2D eigenvalue weighted by atomic mass is 35.5. The maximum absolute atomic E-state index is 13.2. The number of halogens is 3. The summed E-state index contributed by atoms with van der Waals surface area (Å²) < 4.78 is 33.1. The van der Waals surface area contributed by atoms with Crippen LogP contribution in [-0.4, -0.2) is 46.0 Å². The molecule has 0 bridgehead atoms. The van der Waals surface area contributed by atoms with Crippen molar-refractivity contribution in [2.24, 2.45) is 18.9 Å². The van der Waals surface area contributed by atoms with Crippen LogP contribution in [0.1, 0.15) is 67.9 Å². The fraction of sp³-hybridized carbons (Fsp3) is 0.593. The first-order valence-electron chi connectivity index (χ1n) is 12.2. The monoisotopic (exact) mass is 509 g/mol. The first-order chi connectivity index (χ1) is 16.6. The Labute approximate surface area is 210 Å². The van der Waals surface area contributed by atoms with Crippen molar-refractivity contribution in [3.8, 4) is 11.8 Å². The molecule has 1 aromatic carbocycles. The minimum Gasteiger partial charge on any atom is -0.369 e. The van der Waals surface area contributed by atoms with Gasteiger partial charge in [0.25, 0.3) is 5.92 Å². The largest absolute Gasteiger partial charge is 0.369 e. The molecule has 1 fully saturated rings. The summed E-state index contributed by atoms with van der Waals surface area (Å²) in [6.07, 6.45) is 1.98. The maximum atomic E-state index is 13.2. The Kier molecular flexibility index (Phi) is 9.71. The van der Waals surface area contributed by atoms with Crippen molar-refractivity contribution in [2.45, 2.75) is 70.5 Å². The topological polar surface area (TPSA) is 71.7 Å². The minimum atomic E-state index is -2.54. The summed E-state index contributed by atoms with van der Waals surface area (Å²) in [4.78, 5) is 13.2. The molecule has 5 nitrogen and oxygen atoms in total. The predicted octanol–water partition coefficient (Wildman–Crippen LogP) is 5.52. The minimum absolute atomic E-state index is 0.0212. The Morgan fingerprint density at radius 2 is 2.03 bits per heavy atom. The smallest absolute Gasteiger partial charge is 0.250 e. The molecule has 0 saturated heterocycles. The van der Waals surface area contributed by atoms with E-state index in [1.807, 2.05) is 36.7 Å². The average molecular weight is 510 g/mol. The molecule has 0 amide bonds. The number of aliphatic hydroxyl groups excluding tert-OH is 1. The van der Waals surface area contributed by atoms with Crippen molar-refractivity contribution in [1.82, 2.24) is 4.57 Å². The first kappa shape index (κ1) is 27.6. The zero-order valence-electron chi connectivity index (χ0n) is 20.3. The molecule has 2 N–H and O–H groups in total. The number of unbranched alkanes of at least 4 members (excludes halogenated alkanes) is 2.